The van der Waals surface area contributed by atoms with Gasteiger partial charge in [0.25, 0.3) is 0 Å². The number of piperidine rings is 1. The minimum Gasteiger partial charge on any atom is -0.480 e. The molecule has 0 aromatic carbocycles. The van der Waals surface area contributed by atoms with Gasteiger partial charge in [0.1, 0.15) is 6.04 Å². The Kier molecular flexibility index (Phi) is 4.26. The number of aliphatic hydroxyl groups is 1. The fourth-order valence-electron chi connectivity index (χ4n) is 1.77. The first kappa shape index (κ1) is 12.9. The van der Waals surface area contributed by atoms with E-state index in [0.717, 1.165) is 19.4 Å². The van der Waals surface area contributed by atoms with Gasteiger partial charge < -0.3 is 20.8 Å². The molecule has 2 atom stereocenters. The van der Waals surface area contributed by atoms with Gasteiger partial charge in [0.05, 0.1) is 12.0 Å². The molecule has 6 nitrogen and oxygen atoms in total. The molecule has 0 aliphatic carbocycles. The topological polar surface area (TPSA) is 98.7 Å². The number of amides is 1. The molecule has 4 N–H and O–H groups in total. The van der Waals surface area contributed by atoms with Crippen LogP contribution in [0, 0.1) is 5.41 Å². The smallest absolute Gasteiger partial charge is 0.328 e. The second kappa shape index (κ2) is 5.27. The zero-order valence-electron chi connectivity index (χ0n) is 9.32. The lowest BCUT2D eigenvalue weighted by molar-refractivity contribution is -0.145. The maximum absolute atomic E-state index is 11.9. The zero-order chi connectivity index (χ0) is 12.2. The molecular formula is C10H18N2O4. The zero-order valence-corrected chi connectivity index (χ0v) is 9.32. The van der Waals surface area contributed by atoms with Gasteiger partial charge >= 0.3 is 5.97 Å². The van der Waals surface area contributed by atoms with Crippen molar-refractivity contribution in [3.8, 4) is 0 Å². The van der Waals surface area contributed by atoms with E-state index in [9.17, 15) is 9.59 Å². The largest absolute Gasteiger partial charge is 0.480 e. The van der Waals surface area contributed by atoms with E-state index in [1.54, 1.807) is 6.92 Å². The Hall–Kier alpha value is -1.14. The summed E-state index contributed by atoms with van der Waals surface area (Å²) in [5, 5.41) is 23.0. The lowest BCUT2D eigenvalue weighted by atomic mass is 9.81. The summed E-state index contributed by atoms with van der Waals surface area (Å²) in [4.78, 5) is 22.5. The van der Waals surface area contributed by atoms with E-state index in [2.05, 4.69) is 10.6 Å². The van der Waals surface area contributed by atoms with Crippen molar-refractivity contribution in [2.45, 2.75) is 25.8 Å². The highest BCUT2D eigenvalue weighted by atomic mass is 16.4. The van der Waals surface area contributed by atoms with Gasteiger partial charge in [0, 0.05) is 6.54 Å². The van der Waals surface area contributed by atoms with E-state index in [-0.39, 0.29) is 5.91 Å². The first-order valence-corrected chi connectivity index (χ1v) is 5.35. The Morgan fingerprint density at radius 1 is 1.56 bits per heavy atom. The van der Waals surface area contributed by atoms with Crippen molar-refractivity contribution in [1.82, 2.24) is 10.6 Å². The van der Waals surface area contributed by atoms with E-state index >= 15 is 0 Å². The normalized spacial score (nSPS) is 27.1. The lowest BCUT2D eigenvalue weighted by Gasteiger charge is -2.33. The predicted molar refractivity (Wildman–Crippen MR) is 56.9 cm³/mol. The van der Waals surface area contributed by atoms with Gasteiger partial charge in [-0.2, -0.15) is 0 Å². The van der Waals surface area contributed by atoms with Crippen LogP contribution in [-0.2, 0) is 9.59 Å². The van der Waals surface area contributed by atoms with Crippen molar-refractivity contribution < 1.29 is 19.8 Å². The molecule has 1 aliphatic heterocycles. The minimum absolute atomic E-state index is 0.318. The van der Waals surface area contributed by atoms with Crippen LogP contribution in [0.1, 0.15) is 19.8 Å². The Bertz CT molecular complexity index is 274. The molecule has 0 bridgehead atoms. The van der Waals surface area contributed by atoms with Crippen LogP contribution in [0.2, 0.25) is 0 Å². The molecule has 1 amide bonds. The average Bonchev–Trinajstić information content (AvgIpc) is 2.26. The summed E-state index contributed by atoms with van der Waals surface area (Å²) in [6.07, 6.45) is 1.62. The third-order valence-electron chi connectivity index (χ3n) is 2.93. The maximum atomic E-state index is 11.9. The average molecular weight is 230 g/mol. The Morgan fingerprint density at radius 3 is 2.69 bits per heavy atom. The van der Waals surface area contributed by atoms with Gasteiger partial charge in [-0.1, -0.05) is 0 Å². The predicted octanol–water partition coefficient (Wildman–Crippen LogP) is -1.06. The Balaban J connectivity index is 2.59. The number of aliphatic carboxylic acids is 1. The molecule has 16 heavy (non-hydrogen) atoms. The number of carboxylic acid groups (broad SMARTS) is 1. The van der Waals surface area contributed by atoms with Crippen LogP contribution in [0.25, 0.3) is 0 Å². The molecule has 0 spiro atoms. The number of carbonyl (C=O) groups excluding carboxylic acids is 1. The van der Waals surface area contributed by atoms with Crippen LogP contribution in [0.5, 0.6) is 0 Å². The van der Waals surface area contributed by atoms with Crippen LogP contribution in [-0.4, -0.2) is 47.8 Å². The SMILES string of the molecule is CC1(C(=O)NC(CO)C(=O)O)CCCNC1. The summed E-state index contributed by atoms with van der Waals surface area (Å²) in [6.45, 7) is 2.62. The van der Waals surface area contributed by atoms with E-state index in [4.69, 9.17) is 10.2 Å². The highest BCUT2D eigenvalue weighted by molar-refractivity contribution is 5.87. The van der Waals surface area contributed by atoms with E-state index in [1.807, 2.05) is 0 Å². The van der Waals surface area contributed by atoms with Crippen LogP contribution in [0.4, 0.5) is 0 Å². The summed E-state index contributed by atoms with van der Waals surface area (Å²) >= 11 is 0. The first-order valence-electron chi connectivity index (χ1n) is 5.35. The van der Waals surface area contributed by atoms with Crippen molar-refractivity contribution in [3.63, 3.8) is 0 Å². The molecule has 1 fully saturated rings. The molecule has 0 saturated carbocycles. The molecule has 1 aliphatic rings. The van der Waals surface area contributed by atoms with Gasteiger partial charge in [-0.05, 0) is 26.3 Å². The van der Waals surface area contributed by atoms with E-state index < -0.39 is 24.0 Å². The summed E-state index contributed by atoms with van der Waals surface area (Å²) in [5.74, 6) is -1.54. The summed E-state index contributed by atoms with van der Waals surface area (Å²) < 4.78 is 0. The van der Waals surface area contributed by atoms with Gasteiger partial charge in [-0.15, -0.1) is 0 Å². The van der Waals surface area contributed by atoms with E-state index in [0.29, 0.717) is 6.54 Å². The highest BCUT2D eigenvalue weighted by Crippen LogP contribution is 2.25. The number of aliphatic hydroxyl groups excluding tert-OH is 1. The van der Waals surface area contributed by atoms with Crippen molar-refractivity contribution >= 4 is 11.9 Å². The number of nitrogens with one attached hydrogen (secondary N) is 2. The molecule has 1 heterocycles. The van der Waals surface area contributed by atoms with Crippen molar-refractivity contribution in [3.05, 3.63) is 0 Å². The Morgan fingerprint density at radius 2 is 2.25 bits per heavy atom. The number of carboxylic acids is 1. The molecule has 0 aromatic rings. The number of hydrogen-bond acceptors (Lipinski definition) is 4. The van der Waals surface area contributed by atoms with Crippen LogP contribution < -0.4 is 10.6 Å². The third-order valence-corrected chi connectivity index (χ3v) is 2.93. The summed E-state index contributed by atoms with van der Waals surface area (Å²) in [5.41, 5.74) is -0.582. The van der Waals surface area contributed by atoms with Crippen molar-refractivity contribution in [2.75, 3.05) is 19.7 Å². The van der Waals surface area contributed by atoms with Crippen LogP contribution >= 0.6 is 0 Å². The molecular weight excluding hydrogens is 212 g/mol. The first-order chi connectivity index (χ1) is 7.49. The fourth-order valence-corrected chi connectivity index (χ4v) is 1.77. The molecule has 1 rings (SSSR count). The lowest BCUT2D eigenvalue weighted by Crippen LogP contribution is -2.53. The molecule has 92 valence electrons. The Labute approximate surface area is 94.0 Å². The standard InChI is InChI=1S/C10H18N2O4/c1-10(3-2-4-11-6-10)9(16)12-7(5-13)8(14)15/h7,11,13H,2-6H2,1H3,(H,12,16)(H,14,15). The maximum Gasteiger partial charge on any atom is 0.328 e. The van der Waals surface area contributed by atoms with Crippen LogP contribution in [0.15, 0.2) is 0 Å². The second-order valence-corrected chi connectivity index (χ2v) is 4.39. The van der Waals surface area contributed by atoms with Crippen molar-refractivity contribution in [2.24, 2.45) is 5.41 Å². The quantitative estimate of drug-likeness (QED) is 0.493. The van der Waals surface area contributed by atoms with Gasteiger partial charge in [-0.25, -0.2) is 4.79 Å². The van der Waals surface area contributed by atoms with Crippen LogP contribution in [0.3, 0.4) is 0 Å². The minimum atomic E-state index is -1.22. The fraction of sp³-hybridized carbons (Fsp3) is 0.800. The highest BCUT2D eigenvalue weighted by Gasteiger charge is 2.36. The summed E-state index contributed by atoms with van der Waals surface area (Å²) in [6, 6.07) is -1.22. The molecule has 2 unspecified atom stereocenters. The molecule has 6 heteroatoms. The van der Waals surface area contributed by atoms with Gasteiger partial charge in [0.15, 0.2) is 0 Å². The third kappa shape index (κ3) is 2.93. The number of carbonyl (C=O) groups is 2. The molecule has 1 saturated heterocycles. The van der Waals surface area contributed by atoms with E-state index in [1.165, 1.54) is 0 Å². The molecule has 0 aromatic heterocycles. The monoisotopic (exact) mass is 230 g/mol. The molecule has 0 radical (unpaired) electrons. The second-order valence-electron chi connectivity index (χ2n) is 4.39. The van der Waals surface area contributed by atoms with Crippen molar-refractivity contribution in [1.29, 1.82) is 0 Å². The number of hydrogen-bond donors (Lipinski definition) is 4. The van der Waals surface area contributed by atoms with Gasteiger partial charge in [0.2, 0.25) is 5.91 Å². The van der Waals surface area contributed by atoms with Gasteiger partial charge in [-0.3, -0.25) is 4.79 Å². The summed E-state index contributed by atoms with van der Waals surface area (Å²) in [7, 11) is 0. The number of rotatable bonds is 4.